The van der Waals surface area contributed by atoms with Gasteiger partial charge in [0.15, 0.2) is 0 Å². The first-order chi connectivity index (χ1) is 14.6. The van der Waals surface area contributed by atoms with E-state index in [0.717, 1.165) is 23.3 Å². The molecule has 1 unspecified atom stereocenters. The van der Waals surface area contributed by atoms with Crippen molar-refractivity contribution in [2.75, 3.05) is 14.2 Å². The van der Waals surface area contributed by atoms with E-state index < -0.39 is 17.8 Å². The average Bonchev–Trinajstić information content (AvgIpc) is 2.72. The van der Waals surface area contributed by atoms with Crippen LogP contribution in [0, 0.1) is 13.8 Å². The van der Waals surface area contributed by atoms with Gasteiger partial charge in [-0.1, -0.05) is 29.4 Å². The summed E-state index contributed by atoms with van der Waals surface area (Å²) in [7, 11) is 2.93. The highest BCUT2D eigenvalue weighted by Gasteiger charge is 2.31. The van der Waals surface area contributed by atoms with E-state index >= 15 is 0 Å². The van der Waals surface area contributed by atoms with E-state index in [1.165, 1.54) is 20.2 Å². The molecule has 0 aliphatic rings. The van der Waals surface area contributed by atoms with E-state index in [2.05, 4.69) is 16.0 Å². The molecule has 0 radical (unpaired) electrons. The molecule has 1 amide bonds. The number of nitrogens with one attached hydrogen (secondary N) is 2. The molecule has 9 heteroatoms. The Balaban J connectivity index is 2.30. The number of carbonyl (C=O) groups is 1. The zero-order valence-electron chi connectivity index (χ0n) is 18.1. The number of carbonyl (C=O) groups excluding carboxylic acids is 1. The fourth-order valence-electron chi connectivity index (χ4n) is 3.14. The van der Waals surface area contributed by atoms with Crippen LogP contribution in [0.4, 0.5) is 13.2 Å². The lowest BCUT2D eigenvalue weighted by Gasteiger charge is -2.20. The lowest BCUT2D eigenvalue weighted by Crippen LogP contribution is -2.36. The Labute approximate surface area is 179 Å². The van der Waals surface area contributed by atoms with Gasteiger partial charge in [-0.25, -0.2) is 0 Å². The lowest BCUT2D eigenvalue weighted by atomic mass is 9.96. The minimum atomic E-state index is -4.44. The van der Waals surface area contributed by atoms with Crippen molar-refractivity contribution in [2.24, 2.45) is 5.16 Å². The molecule has 0 heterocycles. The van der Waals surface area contributed by atoms with Gasteiger partial charge in [-0.15, -0.1) is 0 Å². The van der Waals surface area contributed by atoms with Crippen molar-refractivity contribution >= 4 is 11.6 Å². The van der Waals surface area contributed by atoms with Crippen molar-refractivity contribution in [3.8, 4) is 0 Å². The monoisotopic (exact) mass is 437 g/mol. The molecule has 0 aromatic heterocycles. The molecule has 0 saturated carbocycles. The highest BCUT2D eigenvalue weighted by atomic mass is 19.4. The predicted molar refractivity (Wildman–Crippen MR) is 111 cm³/mol. The molecule has 0 saturated heterocycles. The molecule has 6 nitrogen and oxygen atoms in total. The average molecular weight is 437 g/mol. The van der Waals surface area contributed by atoms with Crippen LogP contribution in [-0.4, -0.2) is 25.8 Å². The van der Waals surface area contributed by atoms with E-state index in [9.17, 15) is 18.0 Å². The minimum Gasteiger partial charge on any atom is -0.391 e. The largest absolute Gasteiger partial charge is 0.416 e. The fraction of sp³-hybridized carbons (Fsp3) is 0.364. The zero-order chi connectivity index (χ0) is 23.2. The number of hydrogen-bond donors (Lipinski definition) is 2. The number of amides is 1. The summed E-state index contributed by atoms with van der Waals surface area (Å²) in [5, 5.41) is 6.60. The third-order valence-electron chi connectivity index (χ3n) is 4.87. The van der Waals surface area contributed by atoms with Crippen molar-refractivity contribution in [1.82, 2.24) is 10.8 Å². The highest BCUT2D eigenvalue weighted by Crippen LogP contribution is 2.31. The van der Waals surface area contributed by atoms with Crippen LogP contribution < -0.4 is 10.8 Å². The highest BCUT2D eigenvalue weighted by molar-refractivity contribution is 5.99. The van der Waals surface area contributed by atoms with Crippen LogP contribution in [0.5, 0.6) is 0 Å². The lowest BCUT2D eigenvalue weighted by molar-refractivity contribution is -0.137. The van der Waals surface area contributed by atoms with Crippen molar-refractivity contribution in [3.05, 3.63) is 69.8 Å². The second kappa shape index (κ2) is 10.4. The van der Waals surface area contributed by atoms with Gasteiger partial charge < -0.3 is 15.0 Å². The van der Waals surface area contributed by atoms with Gasteiger partial charge in [0.2, 0.25) is 5.91 Å². The van der Waals surface area contributed by atoms with E-state index in [4.69, 9.17) is 9.68 Å². The van der Waals surface area contributed by atoms with Crippen LogP contribution in [0.15, 0.2) is 41.6 Å². The molecule has 0 aliphatic heterocycles. The van der Waals surface area contributed by atoms with Gasteiger partial charge in [-0.05, 0) is 49.6 Å². The van der Waals surface area contributed by atoms with E-state index in [0.29, 0.717) is 22.4 Å². The molecule has 2 N–H and O–H groups in total. The number of oxime groups is 1. The molecule has 1 atom stereocenters. The molecule has 0 bridgehead atoms. The summed E-state index contributed by atoms with van der Waals surface area (Å²) >= 11 is 0. The number of likely N-dealkylation sites (N-methyl/N-ethyl adjacent to an activating group) is 1. The number of nitrogens with zero attached hydrogens (tertiary/aromatic N) is 1. The summed E-state index contributed by atoms with van der Waals surface area (Å²) in [6.45, 7) is 5.18. The molecule has 0 fully saturated rings. The Hall–Kier alpha value is -2.91. The maximum Gasteiger partial charge on any atom is 0.416 e. The van der Waals surface area contributed by atoms with Gasteiger partial charge in [-0.2, -0.15) is 18.7 Å². The van der Waals surface area contributed by atoms with Crippen molar-refractivity contribution < 1.29 is 27.6 Å². The van der Waals surface area contributed by atoms with Gasteiger partial charge >= 0.3 is 6.18 Å². The maximum atomic E-state index is 13.0. The number of hydroxylamine groups is 1. The Kier molecular flexibility index (Phi) is 8.18. The summed E-state index contributed by atoms with van der Waals surface area (Å²) < 4.78 is 39.1. The predicted octanol–water partition coefficient (Wildman–Crippen LogP) is 4.20. The Bertz CT molecular complexity index is 959. The standard InChI is InChI=1S/C22H26F3N3O3/c1-13-7-6-8-17(20(28-30-5)21(29)26-4)19(13)12-31-27-15(3)18-11-16(22(23,24)25)10-9-14(18)2/h6-11,20,28H,12H2,1-5H3,(H,26,29)/b27-15+. The van der Waals surface area contributed by atoms with Gasteiger partial charge in [0.25, 0.3) is 0 Å². The maximum absolute atomic E-state index is 13.0. The van der Waals surface area contributed by atoms with Crippen LogP contribution in [0.3, 0.4) is 0 Å². The Morgan fingerprint density at radius 2 is 1.87 bits per heavy atom. The molecule has 2 aromatic carbocycles. The van der Waals surface area contributed by atoms with Crippen molar-refractivity contribution in [1.29, 1.82) is 0 Å². The summed E-state index contributed by atoms with van der Waals surface area (Å²) in [5.41, 5.74) is 5.46. The molecule has 2 rings (SSSR count). The van der Waals surface area contributed by atoms with Gasteiger partial charge in [0, 0.05) is 18.2 Å². The summed E-state index contributed by atoms with van der Waals surface area (Å²) in [6, 6.07) is 8.16. The van der Waals surface area contributed by atoms with E-state index in [-0.39, 0.29) is 12.5 Å². The Morgan fingerprint density at radius 1 is 1.16 bits per heavy atom. The van der Waals surface area contributed by atoms with Crippen LogP contribution in [0.25, 0.3) is 0 Å². The second-order valence-electron chi connectivity index (χ2n) is 6.99. The molecular formula is C22H26F3N3O3. The summed E-state index contributed by atoms with van der Waals surface area (Å²) in [4.78, 5) is 22.7. The van der Waals surface area contributed by atoms with Gasteiger partial charge in [0.1, 0.15) is 12.6 Å². The molecular weight excluding hydrogens is 411 g/mol. The van der Waals surface area contributed by atoms with Crippen molar-refractivity contribution in [3.63, 3.8) is 0 Å². The van der Waals surface area contributed by atoms with Gasteiger partial charge in [-0.3, -0.25) is 4.79 Å². The molecule has 0 aliphatic carbocycles. The number of rotatable bonds is 8. The third-order valence-corrected chi connectivity index (χ3v) is 4.87. The topological polar surface area (TPSA) is 72.0 Å². The number of alkyl halides is 3. The Morgan fingerprint density at radius 3 is 2.48 bits per heavy atom. The van der Waals surface area contributed by atoms with Crippen LogP contribution in [0.2, 0.25) is 0 Å². The number of benzene rings is 2. The summed E-state index contributed by atoms with van der Waals surface area (Å²) in [5.74, 6) is -0.298. The second-order valence-corrected chi connectivity index (χ2v) is 6.99. The first-order valence-electron chi connectivity index (χ1n) is 9.53. The molecule has 168 valence electrons. The minimum absolute atomic E-state index is 0.0241. The normalized spacial score (nSPS) is 13.1. The summed E-state index contributed by atoms with van der Waals surface area (Å²) in [6.07, 6.45) is -4.44. The van der Waals surface area contributed by atoms with Crippen LogP contribution in [0.1, 0.15) is 46.3 Å². The number of aryl methyl sites for hydroxylation is 2. The number of hydrogen-bond acceptors (Lipinski definition) is 5. The molecule has 2 aromatic rings. The third kappa shape index (κ3) is 6.05. The zero-order valence-corrected chi connectivity index (χ0v) is 18.1. The first kappa shape index (κ1) is 24.4. The fourth-order valence-corrected chi connectivity index (χ4v) is 3.14. The van der Waals surface area contributed by atoms with Gasteiger partial charge in [0.05, 0.1) is 18.4 Å². The number of halogens is 3. The van der Waals surface area contributed by atoms with Crippen LogP contribution in [-0.2, 0) is 27.3 Å². The quantitative estimate of drug-likeness (QED) is 0.480. The molecule has 0 spiro atoms. The molecule has 31 heavy (non-hydrogen) atoms. The SMILES string of the molecule is CNC(=O)C(NOC)c1cccc(C)c1CO/N=C(\C)c1cc(C(F)(F)F)ccc1C. The smallest absolute Gasteiger partial charge is 0.391 e. The van der Waals surface area contributed by atoms with E-state index in [1.54, 1.807) is 19.9 Å². The van der Waals surface area contributed by atoms with Crippen LogP contribution >= 0.6 is 0 Å². The van der Waals surface area contributed by atoms with Crippen molar-refractivity contribution in [2.45, 2.75) is 39.6 Å². The van der Waals surface area contributed by atoms with E-state index in [1.807, 2.05) is 19.1 Å². The first-order valence-corrected chi connectivity index (χ1v) is 9.53.